The molecule has 3 fully saturated rings. The van der Waals surface area contributed by atoms with Crippen LogP contribution in [0.4, 0.5) is 0 Å². The molecule has 3 aliphatic rings. The highest BCUT2D eigenvalue weighted by molar-refractivity contribution is 7.90. The van der Waals surface area contributed by atoms with Gasteiger partial charge in [-0.05, 0) is 38.6 Å². The van der Waals surface area contributed by atoms with Gasteiger partial charge in [-0.3, -0.25) is 0 Å². The van der Waals surface area contributed by atoms with Crippen molar-refractivity contribution in [1.82, 2.24) is 9.62 Å². The molecule has 2 atom stereocenters. The summed E-state index contributed by atoms with van der Waals surface area (Å²) in [5, 5.41) is 3.29. The van der Waals surface area contributed by atoms with Crippen molar-refractivity contribution >= 4 is 10.0 Å². The average Bonchev–Trinajstić information content (AvgIpc) is 2.92. The summed E-state index contributed by atoms with van der Waals surface area (Å²) in [6, 6.07) is 0.527. The molecule has 2 unspecified atom stereocenters. The number of fused-ring (bicyclic) bond motifs is 2. The Bertz CT molecular complexity index is 336. The molecule has 5 heteroatoms. The van der Waals surface area contributed by atoms with Crippen LogP contribution < -0.4 is 5.32 Å². The molecule has 2 saturated heterocycles. The van der Waals surface area contributed by atoms with E-state index in [2.05, 4.69) is 5.32 Å². The summed E-state index contributed by atoms with van der Waals surface area (Å²) in [6.07, 6.45) is 4.86. The van der Waals surface area contributed by atoms with Crippen LogP contribution in [0.1, 0.15) is 32.1 Å². The van der Waals surface area contributed by atoms with Crippen LogP contribution in [0.25, 0.3) is 0 Å². The van der Waals surface area contributed by atoms with E-state index in [1.165, 1.54) is 0 Å². The molecule has 0 aromatic rings. The number of rotatable bonds is 2. The third-order valence-electron chi connectivity index (χ3n) is 3.83. The zero-order chi connectivity index (χ0) is 10.5. The Kier molecular flexibility index (Phi) is 2.30. The SMILES string of the molecule is O=S(=O)(C1CC1)N1C2CCNCC1CC2. The largest absolute Gasteiger partial charge is 0.315 e. The molecular formula is C10H18N2O2S. The molecular weight excluding hydrogens is 212 g/mol. The molecule has 1 saturated carbocycles. The van der Waals surface area contributed by atoms with Crippen molar-refractivity contribution < 1.29 is 8.42 Å². The maximum atomic E-state index is 12.3. The molecule has 15 heavy (non-hydrogen) atoms. The molecule has 4 nitrogen and oxygen atoms in total. The van der Waals surface area contributed by atoms with Crippen LogP contribution >= 0.6 is 0 Å². The number of nitrogens with one attached hydrogen (secondary N) is 1. The minimum atomic E-state index is -2.95. The van der Waals surface area contributed by atoms with Gasteiger partial charge in [-0.15, -0.1) is 0 Å². The summed E-state index contributed by atoms with van der Waals surface area (Å²) in [5.41, 5.74) is 0. The molecule has 1 aliphatic carbocycles. The fraction of sp³-hybridized carbons (Fsp3) is 1.00. The molecule has 0 amide bonds. The number of hydrogen-bond donors (Lipinski definition) is 1. The summed E-state index contributed by atoms with van der Waals surface area (Å²) >= 11 is 0. The molecule has 2 bridgehead atoms. The lowest BCUT2D eigenvalue weighted by atomic mass is 10.1. The van der Waals surface area contributed by atoms with E-state index < -0.39 is 10.0 Å². The van der Waals surface area contributed by atoms with Crippen LogP contribution in [0.5, 0.6) is 0 Å². The van der Waals surface area contributed by atoms with E-state index in [0.29, 0.717) is 0 Å². The summed E-state index contributed by atoms with van der Waals surface area (Å²) in [6.45, 7) is 1.82. The fourth-order valence-electron chi connectivity index (χ4n) is 2.89. The highest BCUT2D eigenvalue weighted by Crippen LogP contribution is 2.38. The average molecular weight is 230 g/mol. The number of hydrogen-bond acceptors (Lipinski definition) is 3. The van der Waals surface area contributed by atoms with Gasteiger partial charge in [0, 0.05) is 18.6 Å². The molecule has 2 heterocycles. The van der Waals surface area contributed by atoms with Gasteiger partial charge in [0.15, 0.2) is 0 Å². The quantitative estimate of drug-likeness (QED) is 0.742. The first-order valence-electron chi connectivity index (χ1n) is 5.92. The third-order valence-corrected chi connectivity index (χ3v) is 6.32. The van der Waals surface area contributed by atoms with Crippen LogP contribution in [-0.4, -0.2) is 43.1 Å². The normalized spacial score (nSPS) is 37.9. The van der Waals surface area contributed by atoms with Crippen molar-refractivity contribution in [3.05, 3.63) is 0 Å². The fourth-order valence-corrected chi connectivity index (χ4v) is 5.19. The van der Waals surface area contributed by atoms with Gasteiger partial charge < -0.3 is 5.32 Å². The van der Waals surface area contributed by atoms with Gasteiger partial charge in [0.05, 0.1) is 5.25 Å². The van der Waals surface area contributed by atoms with Gasteiger partial charge >= 0.3 is 0 Å². The van der Waals surface area contributed by atoms with Crippen LogP contribution in [0, 0.1) is 0 Å². The molecule has 0 aromatic carbocycles. The zero-order valence-corrected chi connectivity index (χ0v) is 9.67. The van der Waals surface area contributed by atoms with Crippen molar-refractivity contribution in [3.8, 4) is 0 Å². The molecule has 0 aromatic heterocycles. The third kappa shape index (κ3) is 1.61. The Morgan fingerprint density at radius 2 is 1.73 bits per heavy atom. The Morgan fingerprint density at radius 3 is 2.47 bits per heavy atom. The van der Waals surface area contributed by atoms with E-state index in [1.54, 1.807) is 0 Å². The van der Waals surface area contributed by atoms with E-state index in [9.17, 15) is 8.42 Å². The molecule has 0 radical (unpaired) electrons. The molecule has 3 rings (SSSR count). The first-order valence-corrected chi connectivity index (χ1v) is 7.43. The molecule has 86 valence electrons. The number of sulfonamides is 1. The topological polar surface area (TPSA) is 49.4 Å². The maximum Gasteiger partial charge on any atom is 0.217 e. The Hall–Kier alpha value is -0.130. The lowest BCUT2D eigenvalue weighted by molar-refractivity contribution is 0.334. The summed E-state index contributed by atoms with van der Waals surface area (Å²) < 4.78 is 26.4. The highest BCUT2D eigenvalue weighted by Gasteiger charge is 2.48. The second kappa shape index (κ2) is 3.43. The van der Waals surface area contributed by atoms with Crippen molar-refractivity contribution in [2.75, 3.05) is 13.1 Å². The number of nitrogens with zero attached hydrogens (tertiary/aromatic N) is 1. The van der Waals surface area contributed by atoms with E-state index in [1.807, 2.05) is 4.31 Å². The van der Waals surface area contributed by atoms with Gasteiger partial charge in [-0.2, -0.15) is 4.31 Å². The van der Waals surface area contributed by atoms with E-state index >= 15 is 0 Å². The molecule has 2 aliphatic heterocycles. The van der Waals surface area contributed by atoms with E-state index in [0.717, 1.165) is 45.2 Å². The Balaban J connectivity index is 1.90. The maximum absolute atomic E-state index is 12.3. The summed E-state index contributed by atoms with van der Waals surface area (Å²) in [4.78, 5) is 0. The monoisotopic (exact) mass is 230 g/mol. The van der Waals surface area contributed by atoms with Crippen molar-refractivity contribution in [1.29, 1.82) is 0 Å². The Morgan fingerprint density at radius 1 is 1.00 bits per heavy atom. The van der Waals surface area contributed by atoms with Gasteiger partial charge in [0.25, 0.3) is 0 Å². The summed E-state index contributed by atoms with van der Waals surface area (Å²) in [5.74, 6) is 0. The van der Waals surface area contributed by atoms with E-state index in [-0.39, 0.29) is 17.3 Å². The smallest absolute Gasteiger partial charge is 0.217 e. The van der Waals surface area contributed by atoms with Crippen LogP contribution in [0.15, 0.2) is 0 Å². The van der Waals surface area contributed by atoms with Crippen molar-refractivity contribution in [3.63, 3.8) is 0 Å². The van der Waals surface area contributed by atoms with Crippen molar-refractivity contribution in [2.24, 2.45) is 0 Å². The first kappa shape index (κ1) is 10.1. The van der Waals surface area contributed by atoms with Crippen LogP contribution in [0.3, 0.4) is 0 Å². The van der Waals surface area contributed by atoms with Gasteiger partial charge in [0.2, 0.25) is 10.0 Å². The molecule has 1 N–H and O–H groups in total. The second-order valence-electron chi connectivity index (χ2n) is 4.95. The Labute approximate surface area is 91.1 Å². The zero-order valence-electron chi connectivity index (χ0n) is 8.85. The lowest BCUT2D eigenvalue weighted by Crippen LogP contribution is -2.44. The first-order chi connectivity index (χ1) is 7.19. The van der Waals surface area contributed by atoms with Crippen LogP contribution in [-0.2, 0) is 10.0 Å². The van der Waals surface area contributed by atoms with Gasteiger partial charge in [-0.1, -0.05) is 0 Å². The van der Waals surface area contributed by atoms with Gasteiger partial charge in [0.1, 0.15) is 0 Å². The standard InChI is InChI=1S/C10H18N2O2S/c13-15(14,10-3-4-10)12-8-1-2-9(12)7-11-6-5-8/h8-11H,1-7H2. The highest BCUT2D eigenvalue weighted by atomic mass is 32.2. The second-order valence-corrected chi connectivity index (χ2v) is 7.07. The summed E-state index contributed by atoms with van der Waals surface area (Å²) in [7, 11) is -2.95. The van der Waals surface area contributed by atoms with Crippen molar-refractivity contribution in [2.45, 2.75) is 49.4 Å². The van der Waals surface area contributed by atoms with Gasteiger partial charge in [-0.25, -0.2) is 8.42 Å². The minimum Gasteiger partial charge on any atom is -0.315 e. The van der Waals surface area contributed by atoms with Crippen LogP contribution in [0.2, 0.25) is 0 Å². The minimum absolute atomic E-state index is 0.0429. The lowest BCUT2D eigenvalue weighted by Gasteiger charge is -2.26. The predicted molar refractivity (Wildman–Crippen MR) is 58.1 cm³/mol. The van der Waals surface area contributed by atoms with E-state index in [4.69, 9.17) is 0 Å². The molecule has 0 spiro atoms. The predicted octanol–water partition coefficient (Wildman–Crippen LogP) is 0.305.